The largest absolute Gasteiger partial charge is 0.303 e. The van der Waals surface area contributed by atoms with Crippen molar-refractivity contribution in [2.24, 2.45) is 5.92 Å². The average Bonchev–Trinajstić information content (AvgIpc) is 2.94. The van der Waals surface area contributed by atoms with E-state index < -0.39 is 0 Å². The predicted molar refractivity (Wildman–Crippen MR) is 90.5 cm³/mol. The van der Waals surface area contributed by atoms with Crippen LogP contribution in [0.3, 0.4) is 0 Å². The van der Waals surface area contributed by atoms with Crippen molar-refractivity contribution < 1.29 is 9.63 Å². The van der Waals surface area contributed by atoms with E-state index in [1.165, 1.54) is 5.56 Å². The van der Waals surface area contributed by atoms with E-state index in [0.29, 0.717) is 6.54 Å². The van der Waals surface area contributed by atoms with Gasteiger partial charge >= 0.3 is 0 Å². The van der Waals surface area contributed by atoms with E-state index in [9.17, 15) is 4.79 Å². The third-order valence-electron chi connectivity index (χ3n) is 4.43. The van der Waals surface area contributed by atoms with Gasteiger partial charge in [-0.25, -0.2) is 0 Å². The molecule has 3 rings (SSSR count). The molecule has 1 heterocycles. The second-order valence-electron chi connectivity index (χ2n) is 6.06. The number of hydrogen-bond acceptors (Lipinski definition) is 3. The molecule has 0 radical (unpaired) electrons. The zero-order valence-corrected chi connectivity index (χ0v) is 13.5. The standard InChI is InChI=1S/C20H23NO2/c1-2-9-19-18(15-22)20(17-12-7-4-8-13-17)21(23-19)14-16-10-5-3-6-11-16/h3-8,10-13,15,18-20H,2,9,14H2,1H3/t18-,19-,20?/m1/s1. The summed E-state index contributed by atoms with van der Waals surface area (Å²) in [7, 11) is 0. The highest BCUT2D eigenvalue weighted by Gasteiger charge is 2.43. The first-order valence-electron chi connectivity index (χ1n) is 8.31. The maximum absolute atomic E-state index is 11.8. The van der Waals surface area contributed by atoms with Crippen molar-refractivity contribution >= 4 is 6.29 Å². The molecule has 3 atom stereocenters. The van der Waals surface area contributed by atoms with E-state index in [-0.39, 0.29) is 18.1 Å². The number of hydrogen-bond donors (Lipinski definition) is 0. The maximum atomic E-state index is 11.8. The second kappa shape index (κ2) is 7.53. The summed E-state index contributed by atoms with van der Waals surface area (Å²) in [5.74, 6) is -0.124. The number of rotatable bonds is 6. The van der Waals surface area contributed by atoms with Crippen LogP contribution >= 0.6 is 0 Å². The summed E-state index contributed by atoms with van der Waals surface area (Å²) in [5.41, 5.74) is 2.33. The maximum Gasteiger partial charge on any atom is 0.127 e. The van der Waals surface area contributed by atoms with Crippen LogP contribution in [0.5, 0.6) is 0 Å². The van der Waals surface area contributed by atoms with E-state index in [0.717, 1.165) is 24.7 Å². The summed E-state index contributed by atoms with van der Waals surface area (Å²) >= 11 is 0. The number of benzene rings is 2. The molecule has 2 aromatic rings. The molecule has 0 bridgehead atoms. The summed E-state index contributed by atoms with van der Waals surface area (Å²) < 4.78 is 0. The molecule has 1 saturated heterocycles. The van der Waals surface area contributed by atoms with E-state index >= 15 is 0 Å². The minimum absolute atomic E-state index is 0.0227. The second-order valence-corrected chi connectivity index (χ2v) is 6.06. The van der Waals surface area contributed by atoms with Gasteiger partial charge in [-0.15, -0.1) is 0 Å². The molecule has 1 fully saturated rings. The molecule has 1 aliphatic heterocycles. The first-order chi connectivity index (χ1) is 11.3. The molecule has 0 aliphatic carbocycles. The van der Waals surface area contributed by atoms with E-state index in [4.69, 9.17) is 4.84 Å². The Morgan fingerprint density at radius 3 is 2.30 bits per heavy atom. The number of aldehydes is 1. The van der Waals surface area contributed by atoms with Gasteiger partial charge in [0.15, 0.2) is 0 Å². The smallest absolute Gasteiger partial charge is 0.127 e. The van der Waals surface area contributed by atoms with Crippen LogP contribution in [0, 0.1) is 5.92 Å². The molecular formula is C20H23NO2. The lowest BCUT2D eigenvalue weighted by atomic mass is 9.89. The Kier molecular flexibility index (Phi) is 5.21. The van der Waals surface area contributed by atoms with Gasteiger partial charge in [0.2, 0.25) is 0 Å². The molecule has 0 spiro atoms. The topological polar surface area (TPSA) is 29.5 Å². The lowest BCUT2D eigenvalue weighted by molar-refractivity contribution is -0.172. The summed E-state index contributed by atoms with van der Waals surface area (Å²) in [5, 5.41) is 1.99. The third-order valence-corrected chi connectivity index (χ3v) is 4.43. The molecule has 0 saturated carbocycles. The van der Waals surface area contributed by atoms with Crippen molar-refractivity contribution in [3.63, 3.8) is 0 Å². The van der Waals surface area contributed by atoms with Crippen LogP contribution in [0.1, 0.15) is 36.9 Å². The minimum Gasteiger partial charge on any atom is -0.303 e. The Morgan fingerprint density at radius 1 is 1.04 bits per heavy atom. The van der Waals surface area contributed by atoms with Crippen molar-refractivity contribution in [2.45, 2.75) is 38.5 Å². The fraction of sp³-hybridized carbons (Fsp3) is 0.350. The van der Waals surface area contributed by atoms with Crippen molar-refractivity contribution in [3.05, 3.63) is 71.8 Å². The molecule has 0 aromatic heterocycles. The van der Waals surface area contributed by atoms with Crippen LogP contribution in [0.4, 0.5) is 0 Å². The average molecular weight is 309 g/mol. The summed E-state index contributed by atoms with van der Waals surface area (Å²) in [6.07, 6.45) is 2.95. The Balaban J connectivity index is 1.89. The molecule has 3 nitrogen and oxygen atoms in total. The van der Waals surface area contributed by atoms with E-state index in [2.05, 4.69) is 31.2 Å². The zero-order valence-electron chi connectivity index (χ0n) is 13.5. The van der Waals surface area contributed by atoms with Gasteiger partial charge < -0.3 is 4.79 Å². The van der Waals surface area contributed by atoms with Crippen LogP contribution in [0.25, 0.3) is 0 Å². The summed E-state index contributed by atoms with van der Waals surface area (Å²) in [6, 6.07) is 20.4. The SMILES string of the molecule is CCC[C@H]1ON(Cc2ccccc2)C(c2ccccc2)[C@@H]1C=O. The van der Waals surface area contributed by atoms with Gasteiger partial charge in [-0.1, -0.05) is 74.0 Å². The van der Waals surface area contributed by atoms with Gasteiger partial charge in [0.05, 0.1) is 18.1 Å². The highest BCUT2D eigenvalue weighted by atomic mass is 16.7. The van der Waals surface area contributed by atoms with Gasteiger partial charge in [0.1, 0.15) is 6.29 Å². The van der Waals surface area contributed by atoms with E-state index in [1.807, 2.05) is 41.5 Å². The summed E-state index contributed by atoms with van der Waals surface area (Å²) in [6.45, 7) is 2.81. The lowest BCUT2D eigenvalue weighted by Crippen LogP contribution is -2.25. The van der Waals surface area contributed by atoms with Gasteiger partial charge in [0, 0.05) is 6.54 Å². The third kappa shape index (κ3) is 3.52. The van der Waals surface area contributed by atoms with Gasteiger partial charge in [-0.3, -0.25) is 4.84 Å². The predicted octanol–water partition coefficient (Wildman–Crippen LogP) is 4.16. The van der Waals surface area contributed by atoms with Crippen molar-refractivity contribution in [2.75, 3.05) is 0 Å². The minimum atomic E-state index is -0.124. The fourth-order valence-electron chi connectivity index (χ4n) is 3.33. The normalized spacial score (nSPS) is 24.7. The molecule has 23 heavy (non-hydrogen) atoms. The number of carbonyl (C=O) groups is 1. The van der Waals surface area contributed by atoms with Crippen LogP contribution in [-0.2, 0) is 16.2 Å². The van der Waals surface area contributed by atoms with Crippen LogP contribution in [0.2, 0.25) is 0 Å². The van der Waals surface area contributed by atoms with Gasteiger partial charge in [0.25, 0.3) is 0 Å². The lowest BCUT2D eigenvalue weighted by Gasteiger charge is -2.24. The van der Waals surface area contributed by atoms with Gasteiger partial charge in [-0.05, 0) is 17.5 Å². The van der Waals surface area contributed by atoms with Crippen molar-refractivity contribution in [1.29, 1.82) is 0 Å². The molecular weight excluding hydrogens is 286 g/mol. The highest BCUT2D eigenvalue weighted by Crippen LogP contribution is 2.40. The quantitative estimate of drug-likeness (QED) is 0.750. The molecule has 0 N–H and O–H groups in total. The molecule has 2 aromatic carbocycles. The molecule has 1 unspecified atom stereocenters. The zero-order chi connectivity index (χ0) is 16.1. The molecule has 1 aliphatic rings. The van der Waals surface area contributed by atoms with Crippen LogP contribution in [-0.4, -0.2) is 17.5 Å². The Bertz CT molecular complexity index is 614. The van der Waals surface area contributed by atoms with Crippen molar-refractivity contribution in [1.82, 2.24) is 5.06 Å². The first kappa shape index (κ1) is 15.9. The van der Waals surface area contributed by atoms with E-state index in [1.54, 1.807) is 0 Å². The molecule has 3 heteroatoms. The monoisotopic (exact) mass is 309 g/mol. The number of carbonyl (C=O) groups excluding carboxylic acids is 1. The Hall–Kier alpha value is -1.97. The highest BCUT2D eigenvalue weighted by molar-refractivity contribution is 5.57. The molecule has 120 valence electrons. The first-order valence-corrected chi connectivity index (χ1v) is 8.31. The fourth-order valence-corrected chi connectivity index (χ4v) is 3.33. The Labute approximate surface area is 137 Å². The van der Waals surface area contributed by atoms with Crippen LogP contribution in [0.15, 0.2) is 60.7 Å². The summed E-state index contributed by atoms with van der Waals surface area (Å²) in [4.78, 5) is 17.9. The number of hydroxylamine groups is 2. The van der Waals surface area contributed by atoms with Gasteiger partial charge in [-0.2, -0.15) is 5.06 Å². The number of nitrogens with zero attached hydrogens (tertiary/aromatic N) is 1. The Morgan fingerprint density at radius 2 is 1.70 bits per heavy atom. The molecule has 0 amide bonds. The van der Waals surface area contributed by atoms with Crippen LogP contribution < -0.4 is 0 Å². The van der Waals surface area contributed by atoms with Crippen molar-refractivity contribution in [3.8, 4) is 0 Å².